The van der Waals surface area contributed by atoms with Crippen molar-refractivity contribution in [1.82, 2.24) is 25.2 Å². The van der Waals surface area contributed by atoms with Crippen LogP contribution in [0.1, 0.15) is 60.4 Å². The number of hydrogen-bond donors (Lipinski definition) is 2. The Hall–Kier alpha value is -4.61. The summed E-state index contributed by atoms with van der Waals surface area (Å²) in [5.41, 5.74) is -2.93. The second-order valence-corrected chi connectivity index (χ2v) is 11.0. The number of β-lactam (4-membered cyclic amide) rings is 1. The summed E-state index contributed by atoms with van der Waals surface area (Å²) in [6.07, 6.45) is -5.77. The highest BCUT2D eigenvalue weighted by molar-refractivity contribution is 6.00. The second kappa shape index (κ2) is 12.9. The van der Waals surface area contributed by atoms with Crippen molar-refractivity contribution in [3.8, 4) is 0 Å². The summed E-state index contributed by atoms with van der Waals surface area (Å²) < 4.78 is 28.4. The minimum absolute atomic E-state index is 0.142. The SMILES string of the molecule is CC(=O)N[C@]1(Cc2cn([C@@H]3O[C@H](COC(C)=O)[C@@H](OC(C)=O)[C@H](OC(C)=O)[C@H]3OC(C)=O)nn2)CN(C(C)(C)C(=O)O)C1=O. The summed E-state index contributed by atoms with van der Waals surface area (Å²) in [5.74, 6) is -5.54. The molecule has 44 heavy (non-hydrogen) atoms. The molecule has 2 aliphatic rings. The van der Waals surface area contributed by atoms with Crippen LogP contribution in [0.15, 0.2) is 6.20 Å². The van der Waals surface area contributed by atoms with Crippen molar-refractivity contribution in [2.75, 3.05) is 13.2 Å². The Morgan fingerprint density at radius 3 is 2.05 bits per heavy atom. The summed E-state index contributed by atoms with van der Waals surface area (Å²) in [4.78, 5) is 85.8. The van der Waals surface area contributed by atoms with Gasteiger partial charge >= 0.3 is 29.8 Å². The van der Waals surface area contributed by atoms with Gasteiger partial charge in [0.15, 0.2) is 24.5 Å². The van der Waals surface area contributed by atoms with E-state index < -0.39 is 90.0 Å². The number of hydrogen-bond acceptors (Lipinski definition) is 14. The summed E-state index contributed by atoms with van der Waals surface area (Å²) in [6.45, 7) is 7.72. The lowest BCUT2D eigenvalue weighted by Crippen LogP contribution is -2.79. The van der Waals surface area contributed by atoms with Gasteiger partial charge < -0.3 is 39.0 Å². The lowest BCUT2D eigenvalue weighted by Gasteiger charge is -2.53. The molecule has 18 nitrogen and oxygen atoms in total. The molecule has 2 aliphatic heterocycles. The van der Waals surface area contributed by atoms with Crippen LogP contribution in [-0.4, -0.2) is 115 Å². The fraction of sp³-hybridized carbons (Fsp3) is 0.654. The van der Waals surface area contributed by atoms with E-state index in [9.17, 15) is 38.7 Å². The number of ether oxygens (including phenoxy) is 5. The van der Waals surface area contributed by atoms with Crippen molar-refractivity contribution in [3.63, 3.8) is 0 Å². The maximum atomic E-state index is 13.3. The molecule has 3 rings (SSSR count). The van der Waals surface area contributed by atoms with Gasteiger partial charge in [0.05, 0.1) is 18.4 Å². The first-order valence-electron chi connectivity index (χ1n) is 13.4. The van der Waals surface area contributed by atoms with Crippen LogP contribution in [-0.2, 0) is 63.7 Å². The molecule has 3 heterocycles. The maximum Gasteiger partial charge on any atom is 0.329 e. The number of carboxylic acid groups (broad SMARTS) is 1. The molecule has 18 heteroatoms. The van der Waals surface area contributed by atoms with Crippen molar-refractivity contribution in [3.05, 3.63) is 11.9 Å². The van der Waals surface area contributed by atoms with Gasteiger partial charge in [-0.15, -0.1) is 5.10 Å². The number of nitrogens with one attached hydrogen (secondary N) is 1. The number of rotatable bonds is 11. The van der Waals surface area contributed by atoms with Gasteiger partial charge in [0.1, 0.15) is 23.8 Å². The molecule has 0 radical (unpaired) electrons. The van der Waals surface area contributed by atoms with Gasteiger partial charge in [-0.1, -0.05) is 5.21 Å². The number of esters is 4. The van der Waals surface area contributed by atoms with Gasteiger partial charge in [-0.05, 0) is 13.8 Å². The van der Waals surface area contributed by atoms with Gasteiger partial charge in [0.25, 0.3) is 5.91 Å². The van der Waals surface area contributed by atoms with Crippen LogP contribution in [0.3, 0.4) is 0 Å². The standard InChI is InChI=1S/C26H35N5O13/c1-12(32)27-26(11-30(23(26)37)25(6,7)24(38)39)8-17-9-31(29-28-17)22-21(43-16(5)36)20(42-15(4)35)19(41-14(3)34)18(44-22)10-40-13(2)33/h9,18-22H,8,10-11H2,1-7H3,(H,27,32)(H,38,39)/t18-,19-,20+,21-,22-,26-/m1/s1. The zero-order valence-corrected chi connectivity index (χ0v) is 25.2. The molecule has 0 spiro atoms. The predicted molar refractivity (Wildman–Crippen MR) is 141 cm³/mol. The minimum atomic E-state index is -1.55. The Balaban J connectivity index is 2.00. The highest BCUT2D eigenvalue weighted by atomic mass is 16.7. The fourth-order valence-corrected chi connectivity index (χ4v) is 5.00. The highest BCUT2D eigenvalue weighted by Crippen LogP contribution is 2.36. The van der Waals surface area contributed by atoms with E-state index in [0.717, 1.165) is 37.3 Å². The van der Waals surface area contributed by atoms with Crippen molar-refractivity contribution in [1.29, 1.82) is 0 Å². The van der Waals surface area contributed by atoms with Crippen molar-refractivity contribution in [2.24, 2.45) is 0 Å². The van der Waals surface area contributed by atoms with E-state index in [1.807, 2.05) is 0 Å². The van der Waals surface area contributed by atoms with Crippen molar-refractivity contribution < 1.29 is 62.4 Å². The predicted octanol–water partition coefficient (Wildman–Crippen LogP) is -1.34. The largest absolute Gasteiger partial charge is 0.480 e. The Morgan fingerprint density at radius 2 is 1.55 bits per heavy atom. The van der Waals surface area contributed by atoms with E-state index in [-0.39, 0.29) is 18.7 Å². The molecule has 0 saturated carbocycles. The third-order valence-corrected chi connectivity index (χ3v) is 6.96. The fourth-order valence-electron chi connectivity index (χ4n) is 5.00. The molecular weight excluding hydrogens is 590 g/mol. The molecule has 2 fully saturated rings. The Morgan fingerprint density at radius 1 is 0.977 bits per heavy atom. The Kier molecular flexibility index (Phi) is 9.97. The quantitative estimate of drug-likeness (QED) is 0.164. The molecule has 0 aliphatic carbocycles. The van der Waals surface area contributed by atoms with Gasteiger partial charge in [0, 0.05) is 41.0 Å². The number of carboxylic acids is 1. The number of likely N-dealkylation sites (tertiary alicyclic amines) is 1. The van der Waals surface area contributed by atoms with Gasteiger partial charge in [-0.3, -0.25) is 28.8 Å². The molecule has 0 bridgehead atoms. The van der Waals surface area contributed by atoms with E-state index in [1.54, 1.807) is 0 Å². The number of amides is 2. The smallest absolute Gasteiger partial charge is 0.329 e. The highest BCUT2D eigenvalue weighted by Gasteiger charge is 2.59. The zero-order chi connectivity index (χ0) is 33.1. The van der Waals surface area contributed by atoms with Crippen LogP contribution in [0.2, 0.25) is 0 Å². The minimum Gasteiger partial charge on any atom is -0.480 e. The first-order chi connectivity index (χ1) is 20.4. The maximum absolute atomic E-state index is 13.3. The average molecular weight is 626 g/mol. The third-order valence-electron chi connectivity index (χ3n) is 6.96. The van der Waals surface area contributed by atoms with E-state index in [1.165, 1.54) is 27.0 Å². The normalized spacial score (nSPS) is 26.6. The van der Waals surface area contributed by atoms with Crippen LogP contribution < -0.4 is 5.32 Å². The second-order valence-electron chi connectivity index (χ2n) is 11.0. The molecule has 2 saturated heterocycles. The molecule has 1 aromatic rings. The topological polar surface area (TPSA) is 232 Å². The van der Waals surface area contributed by atoms with E-state index >= 15 is 0 Å². The van der Waals surface area contributed by atoms with Gasteiger partial charge in [-0.2, -0.15) is 0 Å². The summed E-state index contributed by atoms with van der Waals surface area (Å²) in [7, 11) is 0. The lowest BCUT2D eigenvalue weighted by molar-refractivity contribution is -0.270. The molecule has 0 unspecified atom stereocenters. The van der Waals surface area contributed by atoms with Crippen molar-refractivity contribution in [2.45, 2.75) is 96.6 Å². The van der Waals surface area contributed by atoms with Gasteiger partial charge in [0.2, 0.25) is 5.91 Å². The summed E-state index contributed by atoms with van der Waals surface area (Å²) in [5, 5.41) is 20.2. The number of carbonyl (C=O) groups excluding carboxylic acids is 6. The Labute approximate surface area is 251 Å². The van der Waals surface area contributed by atoms with Crippen LogP contribution in [0.5, 0.6) is 0 Å². The van der Waals surface area contributed by atoms with Crippen LogP contribution in [0.25, 0.3) is 0 Å². The zero-order valence-electron chi connectivity index (χ0n) is 25.2. The molecule has 242 valence electrons. The molecule has 2 N–H and O–H groups in total. The molecule has 0 aromatic carbocycles. The number of nitrogens with zero attached hydrogens (tertiary/aromatic N) is 4. The lowest BCUT2D eigenvalue weighted by atomic mass is 9.80. The van der Waals surface area contributed by atoms with Crippen LogP contribution >= 0.6 is 0 Å². The van der Waals surface area contributed by atoms with Crippen LogP contribution in [0, 0.1) is 0 Å². The third kappa shape index (κ3) is 7.29. The monoisotopic (exact) mass is 625 g/mol. The van der Waals surface area contributed by atoms with Crippen LogP contribution in [0.4, 0.5) is 0 Å². The number of aromatic nitrogens is 3. The summed E-state index contributed by atoms with van der Waals surface area (Å²) in [6, 6.07) is 0. The van der Waals surface area contributed by atoms with E-state index in [0.29, 0.717) is 0 Å². The van der Waals surface area contributed by atoms with E-state index in [2.05, 4.69) is 15.6 Å². The average Bonchev–Trinajstić information content (AvgIpc) is 3.34. The first-order valence-corrected chi connectivity index (χ1v) is 13.4. The number of aliphatic carboxylic acids is 1. The van der Waals surface area contributed by atoms with Gasteiger partial charge in [-0.25, -0.2) is 9.48 Å². The number of carbonyl (C=O) groups is 7. The van der Waals surface area contributed by atoms with Crippen molar-refractivity contribution >= 4 is 41.7 Å². The summed E-state index contributed by atoms with van der Waals surface area (Å²) >= 11 is 0. The molecule has 1 aromatic heterocycles. The van der Waals surface area contributed by atoms with E-state index in [4.69, 9.17) is 23.7 Å². The first kappa shape index (κ1) is 33.9. The Bertz CT molecular complexity index is 1340. The molecule has 2 amide bonds. The molecular formula is C26H35N5O13. The molecule has 6 atom stereocenters.